The highest BCUT2D eigenvalue weighted by molar-refractivity contribution is 5.85. The molecule has 0 bridgehead atoms. The van der Waals surface area contributed by atoms with E-state index in [1.807, 2.05) is 65.6 Å². The fourth-order valence-corrected chi connectivity index (χ4v) is 3.08. The van der Waals surface area contributed by atoms with Gasteiger partial charge >= 0.3 is 0 Å². The van der Waals surface area contributed by atoms with Crippen molar-refractivity contribution in [2.24, 2.45) is 11.8 Å². The van der Waals surface area contributed by atoms with E-state index in [2.05, 4.69) is 0 Å². The largest absolute Gasteiger partial charge is 0.337 e. The van der Waals surface area contributed by atoms with Crippen LogP contribution in [0.25, 0.3) is 0 Å². The molecular weight excluding hydrogens is 274 g/mol. The number of rotatable bonds is 5. The Morgan fingerprint density at radius 2 is 1.55 bits per heavy atom. The number of benzene rings is 2. The van der Waals surface area contributed by atoms with Crippen LogP contribution >= 0.6 is 0 Å². The van der Waals surface area contributed by atoms with Gasteiger partial charge in [-0.15, -0.1) is 0 Å². The van der Waals surface area contributed by atoms with Crippen LogP contribution in [0, 0.1) is 11.8 Å². The monoisotopic (exact) mass is 293 g/mol. The summed E-state index contributed by atoms with van der Waals surface area (Å²) in [4.78, 5) is 25.8. The van der Waals surface area contributed by atoms with Crippen LogP contribution in [0.3, 0.4) is 0 Å². The van der Waals surface area contributed by atoms with Crippen molar-refractivity contribution in [1.82, 2.24) is 4.90 Å². The third kappa shape index (κ3) is 3.08. The summed E-state index contributed by atoms with van der Waals surface area (Å²) in [6, 6.07) is 19.8. The minimum absolute atomic E-state index is 0.0878. The first-order valence-electron chi connectivity index (χ1n) is 7.60. The molecular formula is C19H19NO2. The molecule has 0 N–H and O–H groups in total. The van der Waals surface area contributed by atoms with Gasteiger partial charge in [0, 0.05) is 19.0 Å². The van der Waals surface area contributed by atoms with Gasteiger partial charge in [-0.1, -0.05) is 60.7 Å². The molecule has 1 aliphatic heterocycles. The molecule has 2 aromatic rings. The molecule has 112 valence electrons. The number of carbonyl (C=O) groups excluding carboxylic acids is 2. The summed E-state index contributed by atoms with van der Waals surface area (Å²) in [5.41, 5.74) is 2.20. The van der Waals surface area contributed by atoms with Crippen LogP contribution in [0.5, 0.6) is 0 Å². The summed E-state index contributed by atoms with van der Waals surface area (Å²) >= 11 is 0. The Kier molecular flexibility index (Phi) is 4.33. The molecule has 0 saturated carbocycles. The van der Waals surface area contributed by atoms with E-state index in [1.165, 1.54) is 0 Å². The number of amides is 1. The lowest BCUT2D eigenvalue weighted by Gasteiger charge is -2.16. The highest BCUT2D eigenvalue weighted by Crippen LogP contribution is 2.28. The van der Waals surface area contributed by atoms with Crippen molar-refractivity contribution < 1.29 is 9.59 Å². The molecule has 22 heavy (non-hydrogen) atoms. The molecule has 1 saturated heterocycles. The van der Waals surface area contributed by atoms with Crippen LogP contribution in [0.1, 0.15) is 11.1 Å². The van der Waals surface area contributed by atoms with Crippen molar-refractivity contribution in [2.75, 3.05) is 6.54 Å². The molecule has 1 aliphatic rings. The Morgan fingerprint density at radius 1 is 0.955 bits per heavy atom. The van der Waals surface area contributed by atoms with E-state index in [-0.39, 0.29) is 17.7 Å². The lowest BCUT2D eigenvalue weighted by atomic mass is 9.90. The van der Waals surface area contributed by atoms with Crippen LogP contribution in [0.2, 0.25) is 0 Å². The third-order valence-electron chi connectivity index (χ3n) is 4.27. The highest BCUT2D eigenvalue weighted by atomic mass is 16.2. The van der Waals surface area contributed by atoms with Gasteiger partial charge in [0.15, 0.2) is 0 Å². The Balaban J connectivity index is 1.74. The Bertz CT molecular complexity index is 639. The Labute approximate surface area is 130 Å². The van der Waals surface area contributed by atoms with Gasteiger partial charge in [-0.25, -0.2) is 0 Å². The Morgan fingerprint density at radius 3 is 2.14 bits per heavy atom. The fourth-order valence-electron chi connectivity index (χ4n) is 3.08. The summed E-state index contributed by atoms with van der Waals surface area (Å²) in [5, 5.41) is 0. The highest BCUT2D eigenvalue weighted by Gasteiger charge is 2.39. The predicted molar refractivity (Wildman–Crippen MR) is 85.0 cm³/mol. The summed E-state index contributed by atoms with van der Waals surface area (Å²) in [7, 11) is 0. The molecule has 0 aliphatic carbocycles. The summed E-state index contributed by atoms with van der Waals surface area (Å²) in [6.07, 6.45) is 1.57. The van der Waals surface area contributed by atoms with Crippen molar-refractivity contribution in [3.63, 3.8) is 0 Å². The van der Waals surface area contributed by atoms with Gasteiger partial charge < -0.3 is 9.69 Å². The zero-order valence-electron chi connectivity index (χ0n) is 12.4. The lowest BCUT2D eigenvalue weighted by Crippen LogP contribution is -2.27. The maximum Gasteiger partial charge on any atom is 0.227 e. The molecule has 0 spiro atoms. The minimum atomic E-state index is -0.233. The van der Waals surface area contributed by atoms with Gasteiger partial charge in [0.25, 0.3) is 0 Å². The first-order chi connectivity index (χ1) is 10.8. The van der Waals surface area contributed by atoms with Gasteiger partial charge in [-0.3, -0.25) is 4.79 Å². The second-order valence-electron chi connectivity index (χ2n) is 5.80. The first kappa shape index (κ1) is 14.5. The van der Waals surface area contributed by atoms with Crippen molar-refractivity contribution in [3.8, 4) is 0 Å². The standard InChI is InChI=1S/C19H19NO2/c21-14-17-13-20(12-16-9-5-2-6-10-16)19(22)18(17)11-15-7-3-1-4-8-15/h1-10,14,17-18H,11-13H2/t17-,18-/m0/s1. The van der Waals surface area contributed by atoms with Gasteiger partial charge in [-0.05, 0) is 17.5 Å². The Hall–Kier alpha value is -2.42. The smallest absolute Gasteiger partial charge is 0.227 e. The normalized spacial score (nSPS) is 21.1. The maximum atomic E-state index is 12.7. The van der Waals surface area contributed by atoms with E-state index in [1.54, 1.807) is 0 Å². The van der Waals surface area contributed by atoms with Crippen LogP contribution in [-0.2, 0) is 22.6 Å². The van der Waals surface area contributed by atoms with Gasteiger partial charge in [0.2, 0.25) is 5.91 Å². The summed E-state index contributed by atoms with van der Waals surface area (Å²) in [6.45, 7) is 1.10. The van der Waals surface area contributed by atoms with E-state index in [0.29, 0.717) is 19.5 Å². The van der Waals surface area contributed by atoms with Crippen LogP contribution < -0.4 is 0 Å². The number of hydrogen-bond donors (Lipinski definition) is 0. The second kappa shape index (κ2) is 6.56. The zero-order valence-corrected chi connectivity index (χ0v) is 12.4. The molecule has 0 unspecified atom stereocenters. The summed E-state index contributed by atoms with van der Waals surface area (Å²) < 4.78 is 0. The molecule has 2 aromatic carbocycles. The van der Waals surface area contributed by atoms with Gasteiger partial charge in [-0.2, -0.15) is 0 Å². The molecule has 1 amide bonds. The maximum absolute atomic E-state index is 12.7. The average Bonchev–Trinajstić information content (AvgIpc) is 2.86. The van der Waals surface area contributed by atoms with Crippen molar-refractivity contribution >= 4 is 12.2 Å². The molecule has 3 heteroatoms. The van der Waals surface area contributed by atoms with Crippen LogP contribution in [0.4, 0.5) is 0 Å². The van der Waals surface area contributed by atoms with Crippen LogP contribution in [0.15, 0.2) is 60.7 Å². The predicted octanol–water partition coefficient (Wildman–Crippen LogP) is 2.70. The zero-order chi connectivity index (χ0) is 15.4. The van der Waals surface area contributed by atoms with Gasteiger partial charge in [0.1, 0.15) is 6.29 Å². The first-order valence-corrected chi connectivity index (χ1v) is 7.60. The second-order valence-corrected chi connectivity index (χ2v) is 5.80. The lowest BCUT2D eigenvalue weighted by molar-refractivity contribution is -0.132. The van der Waals surface area contributed by atoms with E-state index in [4.69, 9.17) is 0 Å². The molecule has 3 nitrogen and oxygen atoms in total. The average molecular weight is 293 g/mol. The molecule has 1 heterocycles. The summed E-state index contributed by atoms with van der Waals surface area (Å²) in [5.74, 6) is -0.357. The van der Waals surface area contributed by atoms with E-state index < -0.39 is 0 Å². The van der Waals surface area contributed by atoms with Crippen LogP contribution in [-0.4, -0.2) is 23.6 Å². The molecule has 3 rings (SSSR count). The molecule has 2 atom stereocenters. The van der Waals surface area contributed by atoms with E-state index >= 15 is 0 Å². The number of carbonyl (C=O) groups is 2. The SMILES string of the molecule is O=C[C@@H]1CN(Cc2ccccc2)C(=O)[C@H]1Cc1ccccc1. The van der Waals surface area contributed by atoms with E-state index in [9.17, 15) is 9.59 Å². The fraction of sp³-hybridized carbons (Fsp3) is 0.263. The number of aldehydes is 1. The van der Waals surface area contributed by atoms with Crippen molar-refractivity contribution in [2.45, 2.75) is 13.0 Å². The number of nitrogens with zero attached hydrogens (tertiary/aromatic N) is 1. The molecule has 1 fully saturated rings. The number of hydrogen-bond acceptors (Lipinski definition) is 2. The van der Waals surface area contributed by atoms with Crippen molar-refractivity contribution in [1.29, 1.82) is 0 Å². The quantitative estimate of drug-likeness (QED) is 0.795. The van der Waals surface area contributed by atoms with Gasteiger partial charge in [0.05, 0.1) is 5.92 Å². The van der Waals surface area contributed by atoms with E-state index in [0.717, 1.165) is 17.4 Å². The minimum Gasteiger partial charge on any atom is -0.337 e. The molecule has 0 radical (unpaired) electrons. The number of likely N-dealkylation sites (tertiary alicyclic amines) is 1. The van der Waals surface area contributed by atoms with Crippen molar-refractivity contribution in [3.05, 3.63) is 71.8 Å². The molecule has 0 aromatic heterocycles. The topological polar surface area (TPSA) is 37.4 Å². The third-order valence-corrected chi connectivity index (χ3v) is 4.27.